The number of carbonyl (C=O) groups excluding carboxylic acids is 2. The summed E-state index contributed by atoms with van der Waals surface area (Å²) in [5, 5.41) is 3.61. The number of hydrogen-bond acceptors (Lipinski definition) is 5. The number of furan rings is 1. The first-order chi connectivity index (χ1) is 13.4. The first-order valence-electron chi connectivity index (χ1n) is 8.99. The van der Waals surface area contributed by atoms with E-state index in [1.165, 1.54) is 14.0 Å². The van der Waals surface area contributed by atoms with Crippen molar-refractivity contribution in [1.82, 2.24) is 0 Å². The summed E-state index contributed by atoms with van der Waals surface area (Å²) < 4.78 is 16.0. The topological polar surface area (TPSA) is 77.8 Å². The van der Waals surface area contributed by atoms with Crippen LogP contribution < -0.4 is 10.1 Å². The van der Waals surface area contributed by atoms with Crippen molar-refractivity contribution in [1.29, 1.82) is 0 Å². The van der Waals surface area contributed by atoms with Crippen LogP contribution in [0.1, 0.15) is 23.6 Å². The first-order valence-corrected chi connectivity index (χ1v) is 8.99. The molecule has 0 radical (unpaired) electrons. The van der Waals surface area contributed by atoms with Gasteiger partial charge in [0.1, 0.15) is 11.3 Å². The summed E-state index contributed by atoms with van der Waals surface area (Å²) in [6, 6.07) is 11.2. The van der Waals surface area contributed by atoms with E-state index in [1.807, 2.05) is 38.1 Å². The molecule has 3 rings (SSSR count). The van der Waals surface area contributed by atoms with Gasteiger partial charge in [0.25, 0.3) is 5.91 Å². The summed E-state index contributed by atoms with van der Waals surface area (Å²) in [6.07, 6.45) is 0.632. The van der Waals surface area contributed by atoms with Crippen LogP contribution in [0.3, 0.4) is 0 Å². The van der Waals surface area contributed by atoms with Crippen molar-refractivity contribution in [3.8, 4) is 5.75 Å². The van der Waals surface area contributed by atoms with Crippen molar-refractivity contribution >= 4 is 28.5 Å². The van der Waals surface area contributed by atoms with Crippen LogP contribution in [-0.2, 0) is 20.7 Å². The second kappa shape index (κ2) is 8.17. The monoisotopic (exact) mass is 381 g/mol. The number of rotatable bonds is 6. The number of hydrogen-bond donors (Lipinski definition) is 1. The maximum absolute atomic E-state index is 12.4. The molecule has 28 heavy (non-hydrogen) atoms. The van der Waals surface area contributed by atoms with Crippen LogP contribution in [0.15, 0.2) is 47.1 Å². The molecule has 1 N–H and O–H groups in total. The molecule has 1 heterocycles. The molecule has 0 saturated heterocycles. The summed E-state index contributed by atoms with van der Waals surface area (Å²) in [5.41, 5.74) is 4.04. The molecule has 0 bridgehead atoms. The fraction of sp³-hybridized carbons (Fsp3) is 0.273. The number of benzene rings is 2. The van der Waals surface area contributed by atoms with Gasteiger partial charge in [-0.25, -0.2) is 0 Å². The third-order valence-electron chi connectivity index (χ3n) is 4.44. The number of methoxy groups -OCH3 is 1. The van der Waals surface area contributed by atoms with Crippen molar-refractivity contribution in [3.05, 3.63) is 59.4 Å². The van der Waals surface area contributed by atoms with Crippen LogP contribution in [0, 0.1) is 13.8 Å². The van der Waals surface area contributed by atoms with Crippen molar-refractivity contribution in [2.75, 3.05) is 12.4 Å². The number of amides is 1. The molecule has 0 aliphatic carbocycles. The van der Waals surface area contributed by atoms with E-state index in [1.54, 1.807) is 18.4 Å². The molecule has 6 heteroatoms. The van der Waals surface area contributed by atoms with Gasteiger partial charge in [0.15, 0.2) is 6.10 Å². The Morgan fingerprint density at radius 2 is 1.82 bits per heavy atom. The summed E-state index contributed by atoms with van der Waals surface area (Å²) in [7, 11) is 1.53. The zero-order valence-electron chi connectivity index (χ0n) is 16.4. The highest BCUT2D eigenvalue weighted by atomic mass is 16.5. The smallest absolute Gasteiger partial charge is 0.311 e. The third kappa shape index (κ3) is 4.34. The fourth-order valence-electron chi connectivity index (χ4n) is 2.93. The summed E-state index contributed by atoms with van der Waals surface area (Å²) in [4.78, 5) is 24.7. The Balaban J connectivity index is 1.63. The van der Waals surface area contributed by atoms with Crippen LogP contribution in [0.2, 0.25) is 0 Å². The molecule has 0 spiro atoms. The van der Waals surface area contributed by atoms with Gasteiger partial charge in [-0.1, -0.05) is 18.2 Å². The minimum Gasteiger partial charge on any atom is -0.495 e. The molecule has 1 amide bonds. The molecular formula is C22H23NO5. The van der Waals surface area contributed by atoms with Gasteiger partial charge < -0.3 is 19.2 Å². The van der Waals surface area contributed by atoms with E-state index in [4.69, 9.17) is 13.9 Å². The van der Waals surface area contributed by atoms with Crippen molar-refractivity contribution in [2.24, 2.45) is 0 Å². The molecule has 0 fully saturated rings. The second-order valence-electron chi connectivity index (χ2n) is 6.76. The van der Waals surface area contributed by atoms with Crippen molar-refractivity contribution in [2.45, 2.75) is 33.3 Å². The molecule has 0 unspecified atom stereocenters. The zero-order chi connectivity index (χ0) is 20.3. The van der Waals surface area contributed by atoms with Gasteiger partial charge >= 0.3 is 5.97 Å². The van der Waals surface area contributed by atoms with E-state index in [9.17, 15) is 9.59 Å². The first kappa shape index (κ1) is 19.5. The van der Waals surface area contributed by atoms with E-state index < -0.39 is 18.0 Å². The molecular weight excluding hydrogens is 358 g/mol. The lowest BCUT2D eigenvalue weighted by atomic mass is 10.1. The number of aryl methyl sites for hydroxylation is 2. The maximum atomic E-state index is 12.4. The largest absolute Gasteiger partial charge is 0.495 e. The predicted molar refractivity (Wildman–Crippen MR) is 107 cm³/mol. The van der Waals surface area contributed by atoms with E-state index in [0.717, 1.165) is 27.7 Å². The van der Waals surface area contributed by atoms with Crippen molar-refractivity contribution < 1.29 is 23.5 Å². The van der Waals surface area contributed by atoms with E-state index >= 15 is 0 Å². The van der Waals surface area contributed by atoms with Crippen LogP contribution >= 0.6 is 0 Å². The third-order valence-corrected chi connectivity index (χ3v) is 4.44. The highest BCUT2D eigenvalue weighted by Gasteiger charge is 2.20. The molecule has 1 atom stereocenters. The van der Waals surface area contributed by atoms with Gasteiger partial charge in [-0.3, -0.25) is 9.59 Å². The van der Waals surface area contributed by atoms with Crippen LogP contribution in [0.5, 0.6) is 5.75 Å². The fourth-order valence-corrected chi connectivity index (χ4v) is 2.93. The minimum absolute atomic E-state index is 0.0292. The molecule has 2 aromatic carbocycles. The molecule has 1 aromatic heterocycles. The van der Waals surface area contributed by atoms with Crippen LogP contribution in [-0.4, -0.2) is 25.1 Å². The Bertz CT molecular complexity index is 1020. The van der Waals surface area contributed by atoms with E-state index in [2.05, 4.69) is 5.32 Å². The SMILES string of the molecule is COc1ccc(C)cc1NC(=O)[C@@H](C)OC(=O)Cc1coc2cc(C)ccc12. The summed E-state index contributed by atoms with van der Waals surface area (Å²) in [5.74, 6) is -0.385. The molecule has 6 nitrogen and oxygen atoms in total. The Morgan fingerprint density at radius 1 is 1.11 bits per heavy atom. The Kier molecular flexibility index (Phi) is 5.68. The van der Waals surface area contributed by atoms with Gasteiger partial charge in [-0.15, -0.1) is 0 Å². The van der Waals surface area contributed by atoms with Crippen LogP contribution in [0.25, 0.3) is 11.0 Å². The highest BCUT2D eigenvalue weighted by Crippen LogP contribution is 2.26. The lowest BCUT2D eigenvalue weighted by Gasteiger charge is -2.15. The van der Waals surface area contributed by atoms with Gasteiger partial charge in [-0.05, 0) is 50.1 Å². The average Bonchev–Trinajstić information content (AvgIpc) is 3.03. The standard InChI is InChI=1S/C22H23NO5/c1-13-6-8-19(26-4)18(9-13)23-22(25)15(3)28-21(24)11-16-12-27-20-10-14(2)5-7-17(16)20/h5-10,12,15H,11H2,1-4H3,(H,23,25)/t15-/m1/s1. The number of anilines is 1. The van der Waals surface area contributed by atoms with E-state index in [-0.39, 0.29) is 6.42 Å². The molecule has 146 valence electrons. The van der Waals surface area contributed by atoms with Gasteiger partial charge in [0.2, 0.25) is 0 Å². The van der Waals surface area contributed by atoms with Crippen LogP contribution in [0.4, 0.5) is 5.69 Å². The van der Waals surface area contributed by atoms with Gasteiger partial charge in [0.05, 0.1) is 25.5 Å². The van der Waals surface area contributed by atoms with E-state index in [0.29, 0.717) is 11.4 Å². The van der Waals surface area contributed by atoms with Gasteiger partial charge in [0, 0.05) is 10.9 Å². The van der Waals surface area contributed by atoms with Gasteiger partial charge in [-0.2, -0.15) is 0 Å². The number of carbonyl (C=O) groups is 2. The quantitative estimate of drug-likeness (QED) is 0.649. The zero-order valence-corrected chi connectivity index (χ0v) is 16.4. The Hall–Kier alpha value is -3.28. The normalized spacial score (nSPS) is 11.9. The molecule has 0 saturated carbocycles. The second-order valence-corrected chi connectivity index (χ2v) is 6.76. The van der Waals surface area contributed by atoms with Crippen molar-refractivity contribution in [3.63, 3.8) is 0 Å². The molecule has 0 aliphatic rings. The number of fused-ring (bicyclic) bond motifs is 1. The minimum atomic E-state index is -0.946. The molecule has 3 aromatic rings. The number of esters is 1. The molecule has 0 aliphatic heterocycles. The summed E-state index contributed by atoms with van der Waals surface area (Å²) in [6.45, 7) is 5.42. The lowest BCUT2D eigenvalue weighted by molar-refractivity contribution is -0.152. The summed E-state index contributed by atoms with van der Waals surface area (Å²) >= 11 is 0. The predicted octanol–water partition coefficient (Wildman–Crippen LogP) is 4.17. The lowest BCUT2D eigenvalue weighted by Crippen LogP contribution is -2.30. The number of nitrogens with one attached hydrogen (secondary N) is 1. The Labute approximate surface area is 163 Å². The maximum Gasteiger partial charge on any atom is 0.311 e. The highest BCUT2D eigenvalue weighted by molar-refractivity contribution is 5.96. The average molecular weight is 381 g/mol. The Morgan fingerprint density at radius 3 is 2.57 bits per heavy atom. The number of ether oxygens (including phenoxy) is 2.